The molecule has 4 heteroatoms. The number of anilines is 1. The van der Waals surface area contributed by atoms with E-state index in [2.05, 4.69) is 5.32 Å². The highest BCUT2D eigenvalue weighted by Crippen LogP contribution is 2.19. The van der Waals surface area contributed by atoms with Crippen molar-refractivity contribution in [3.63, 3.8) is 0 Å². The van der Waals surface area contributed by atoms with Crippen molar-refractivity contribution in [1.29, 1.82) is 0 Å². The first-order valence-corrected chi connectivity index (χ1v) is 6.24. The van der Waals surface area contributed by atoms with Gasteiger partial charge in [0, 0.05) is 16.8 Å². The summed E-state index contributed by atoms with van der Waals surface area (Å²) in [7, 11) is 0. The Bertz CT molecular complexity index is 629. The first-order valence-electron chi connectivity index (χ1n) is 5.86. The SMILES string of the molecule is Cc1ccc(C=CC(=O)Nc2ccc(Cl)cc2C)o1. The maximum atomic E-state index is 11.8. The Labute approximate surface area is 116 Å². The molecule has 0 radical (unpaired) electrons. The van der Waals surface area contributed by atoms with E-state index in [1.807, 2.05) is 26.0 Å². The number of rotatable bonds is 3. The summed E-state index contributed by atoms with van der Waals surface area (Å²) in [5.41, 5.74) is 1.66. The number of halogens is 1. The van der Waals surface area contributed by atoms with E-state index in [0.29, 0.717) is 10.8 Å². The van der Waals surface area contributed by atoms with Crippen LogP contribution in [-0.2, 0) is 4.79 Å². The fourth-order valence-corrected chi connectivity index (χ4v) is 1.87. The van der Waals surface area contributed by atoms with Crippen LogP contribution in [-0.4, -0.2) is 5.91 Å². The van der Waals surface area contributed by atoms with Gasteiger partial charge in [-0.05, 0) is 55.8 Å². The number of nitrogens with one attached hydrogen (secondary N) is 1. The van der Waals surface area contributed by atoms with E-state index in [4.69, 9.17) is 16.0 Å². The molecule has 1 N–H and O–H groups in total. The predicted molar refractivity (Wildman–Crippen MR) is 77.3 cm³/mol. The summed E-state index contributed by atoms with van der Waals surface area (Å²) in [5.74, 6) is 1.26. The number of hydrogen-bond donors (Lipinski definition) is 1. The van der Waals surface area contributed by atoms with Crippen LogP contribution >= 0.6 is 11.6 Å². The number of furan rings is 1. The van der Waals surface area contributed by atoms with E-state index in [1.54, 1.807) is 24.3 Å². The van der Waals surface area contributed by atoms with Crippen molar-refractivity contribution >= 4 is 29.3 Å². The molecule has 3 nitrogen and oxygen atoms in total. The first-order chi connectivity index (χ1) is 9.04. The second-order valence-corrected chi connectivity index (χ2v) is 4.67. The molecule has 0 spiro atoms. The molecule has 19 heavy (non-hydrogen) atoms. The fraction of sp³-hybridized carbons (Fsp3) is 0.133. The minimum Gasteiger partial charge on any atom is -0.462 e. The summed E-state index contributed by atoms with van der Waals surface area (Å²) in [6, 6.07) is 8.98. The van der Waals surface area contributed by atoms with Crippen molar-refractivity contribution in [2.45, 2.75) is 13.8 Å². The van der Waals surface area contributed by atoms with Crippen molar-refractivity contribution in [2.24, 2.45) is 0 Å². The normalized spacial score (nSPS) is 10.9. The van der Waals surface area contributed by atoms with Gasteiger partial charge in [0.2, 0.25) is 5.91 Å². The topological polar surface area (TPSA) is 42.2 Å². The Morgan fingerprint density at radius 2 is 2.05 bits per heavy atom. The molecule has 2 rings (SSSR count). The largest absolute Gasteiger partial charge is 0.462 e. The van der Waals surface area contributed by atoms with E-state index in [-0.39, 0.29) is 5.91 Å². The standard InChI is InChI=1S/C15H14ClNO2/c1-10-9-12(16)4-7-14(10)17-15(18)8-6-13-5-3-11(2)19-13/h3-9H,1-2H3,(H,17,18). The van der Waals surface area contributed by atoms with Gasteiger partial charge in [-0.15, -0.1) is 0 Å². The van der Waals surface area contributed by atoms with Crippen molar-refractivity contribution in [3.05, 3.63) is 58.5 Å². The molecular weight excluding hydrogens is 262 g/mol. The zero-order valence-corrected chi connectivity index (χ0v) is 11.5. The number of amides is 1. The summed E-state index contributed by atoms with van der Waals surface area (Å²) < 4.78 is 5.34. The zero-order valence-electron chi connectivity index (χ0n) is 10.7. The van der Waals surface area contributed by atoms with Crippen LogP contribution in [0.1, 0.15) is 17.1 Å². The molecule has 0 aliphatic carbocycles. The van der Waals surface area contributed by atoms with Crippen LogP contribution in [0.15, 0.2) is 40.8 Å². The van der Waals surface area contributed by atoms with Gasteiger partial charge in [0.25, 0.3) is 0 Å². The molecule has 0 aliphatic rings. The van der Waals surface area contributed by atoms with Gasteiger partial charge in [0.05, 0.1) is 0 Å². The third kappa shape index (κ3) is 3.73. The predicted octanol–water partition coefficient (Wildman–Crippen LogP) is 4.20. The van der Waals surface area contributed by atoms with Crippen molar-refractivity contribution in [3.8, 4) is 0 Å². The van der Waals surface area contributed by atoms with Crippen LogP contribution in [0.2, 0.25) is 5.02 Å². The maximum Gasteiger partial charge on any atom is 0.248 e. The molecule has 98 valence electrons. The van der Waals surface area contributed by atoms with E-state index in [1.165, 1.54) is 6.08 Å². The van der Waals surface area contributed by atoms with Crippen molar-refractivity contribution in [2.75, 3.05) is 5.32 Å². The van der Waals surface area contributed by atoms with Crippen LogP contribution in [0.3, 0.4) is 0 Å². The highest BCUT2D eigenvalue weighted by molar-refractivity contribution is 6.30. The second kappa shape index (κ2) is 5.76. The minimum atomic E-state index is -0.209. The lowest BCUT2D eigenvalue weighted by atomic mass is 10.2. The van der Waals surface area contributed by atoms with Gasteiger partial charge in [-0.2, -0.15) is 0 Å². The average molecular weight is 276 g/mol. The third-order valence-electron chi connectivity index (χ3n) is 2.61. The molecule has 0 aliphatic heterocycles. The molecule has 0 bridgehead atoms. The summed E-state index contributed by atoms with van der Waals surface area (Å²) in [6.45, 7) is 3.75. The molecule has 0 saturated heterocycles. The molecule has 1 heterocycles. The lowest BCUT2D eigenvalue weighted by Gasteiger charge is -2.06. The van der Waals surface area contributed by atoms with E-state index in [0.717, 1.165) is 17.0 Å². The second-order valence-electron chi connectivity index (χ2n) is 4.23. The minimum absolute atomic E-state index is 0.209. The monoisotopic (exact) mass is 275 g/mol. The smallest absolute Gasteiger partial charge is 0.248 e. The molecule has 1 aromatic carbocycles. The van der Waals surface area contributed by atoms with Crippen molar-refractivity contribution < 1.29 is 9.21 Å². The summed E-state index contributed by atoms with van der Waals surface area (Å²) in [4.78, 5) is 11.8. The van der Waals surface area contributed by atoms with Gasteiger partial charge in [-0.1, -0.05) is 11.6 Å². The van der Waals surface area contributed by atoms with Crippen LogP contribution in [0, 0.1) is 13.8 Å². The van der Waals surface area contributed by atoms with Gasteiger partial charge in [0.1, 0.15) is 11.5 Å². The molecule has 0 saturated carbocycles. The summed E-state index contributed by atoms with van der Waals surface area (Å²) in [6.07, 6.45) is 3.07. The number of benzene rings is 1. The number of carbonyl (C=O) groups excluding carboxylic acids is 1. The Morgan fingerprint density at radius 3 is 2.68 bits per heavy atom. The van der Waals surface area contributed by atoms with Crippen LogP contribution in [0.25, 0.3) is 6.08 Å². The molecule has 2 aromatic rings. The Hall–Kier alpha value is -2.00. The molecule has 1 amide bonds. The zero-order chi connectivity index (χ0) is 13.8. The quantitative estimate of drug-likeness (QED) is 0.853. The van der Waals surface area contributed by atoms with E-state index >= 15 is 0 Å². The highest BCUT2D eigenvalue weighted by atomic mass is 35.5. The fourth-order valence-electron chi connectivity index (χ4n) is 1.64. The number of carbonyl (C=O) groups is 1. The Morgan fingerprint density at radius 1 is 1.26 bits per heavy atom. The number of hydrogen-bond acceptors (Lipinski definition) is 2. The maximum absolute atomic E-state index is 11.8. The Kier molecular flexibility index (Phi) is 4.07. The molecule has 0 fully saturated rings. The average Bonchev–Trinajstić information content (AvgIpc) is 2.76. The lowest BCUT2D eigenvalue weighted by Crippen LogP contribution is -2.08. The van der Waals surface area contributed by atoms with E-state index in [9.17, 15) is 4.79 Å². The molecule has 1 aromatic heterocycles. The highest BCUT2D eigenvalue weighted by Gasteiger charge is 2.02. The van der Waals surface area contributed by atoms with Crippen LogP contribution in [0.4, 0.5) is 5.69 Å². The molecule has 0 atom stereocenters. The van der Waals surface area contributed by atoms with Gasteiger partial charge in [0.15, 0.2) is 0 Å². The van der Waals surface area contributed by atoms with E-state index < -0.39 is 0 Å². The van der Waals surface area contributed by atoms with Gasteiger partial charge >= 0.3 is 0 Å². The molecule has 0 unspecified atom stereocenters. The molecular formula is C15H14ClNO2. The van der Waals surface area contributed by atoms with Crippen LogP contribution in [0.5, 0.6) is 0 Å². The summed E-state index contributed by atoms with van der Waals surface area (Å²) >= 11 is 5.86. The summed E-state index contributed by atoms with van der Waals surface area (Å²) in [5, 5.41) is 3.44. The van der Waals surface area contributed by atoms with Crippen LogP contribution < -0.4 is 5.32 Å². The Balaban J connectivity index is 2.03. The van der Waals surface area contributed by atoms with Gasteiger partial charge in [-0.25, -0.2) is 0 Å². The lowest BCUT2D eigenvalue weighted by molar-refractivity contribution is -0.111. The number of aryl methyl sites for hydroxylation is 2. The van der Waals surface area contributed by atoms with Gasteiger partial charge < -0.3 is 9.73 Å². The van der Waals surface area contributed by atoms with Gasteiger partial charge in [-0.3, -0.25) is 4.79 Å². The first kappa shape index (κ1) is 13.4. The third-order valence-corrected chi connectivity index (χ3v) is 2.84. The van der Waals surface area contributed by atoms with Crippen molar-refractivity contribution in [1.82, 2.24) is 0 Å².